The molecule has 0 saturated carbocycles. The number of rotatable bonds is 1. The molecule has 1 heterocycles. The molecule has 0 unspecified atom stereocenters. The zero-order chi connectivity index (χ0) is 10.1. The first-order valence-corrected chi connectivity index (χ1v) is 4.67. The molecule has 1 aromatic heterocycles. The highest BCUT2D eigenvalue weighted by Gasteiger charge is 2.09. The van der Waals surface area contributed by atoms with Gasteiger partial charge >= 0.3 is 11.3 Å². The molecule has 0 bridgehead atoms. The fourth-order valence-corrected chi connectivity index (χ4v) is 1.44. The van der Waals surface area contributed by atoms with E-state index >= 15 is 0 Å². The number of benzene rings is 1. The monoisotopic (exact) mass is 188 g/mol. The quantitative estimate of drug-likeness (QED) is 0.638. The van der Waals surface area contributed by atoms with Crippen molar-refractivity contribution in [1.82, 2.24) is 0 Å². The van der Waals surface area contributed by atoms with Gasteiger partial charge in [-0.1, -0.05) is 0 Å². The average Bonchev–Trinajstić information content (AvgIpc) is 2.16. The Hall–Kier alpha value is -1.57. The number of aryl methyl sites for hydroxylation is 1. The molecule has 72 valence electrons. The van der Waals surface area contributed by atoms with Crippen molar-refractivity contribution in [2.24, 2.45) is 0 Å². The zero-order valence-electron chi connectivity index (χ0n) is 8.74. The third kappa shape index (κ3) is 1.55. The van der Waals surface area contributed by atoms with Gasteiger partial charge in [-0.05, 0) is 18.2 Å². The van der Waals surface area contributed by atoms with Gasteiger partial charge in [0.1, 0.15) is 0 Å². The molecule has 0 aliphatic carbocycles. The van der Waals surface area contributed by atoms with E-state index < -0.39 is 0 Å². The molecule has 14 heavy (non-hydrogen) atoms. The van der Waals surface area contributed by atoms with Crippen molar-refractivity contribution < 1.29 is 4.42 Å². The molecule has 2 heteroatoms. The second-order valence-electron chi connectivity index (χ2n) is 3.66. The van der Waals surface area contributed by atoms with Crippen molar-refractivity contribution in [2.45, 2.75) is 6.92 Å². The number of anilines is 1. The van der Waals surface area contributed by atoms with E-state index in [0.717, 1.165) is 22.4 Å². The van der Waals surface area contributed by atoms with Gasteiger partial charge in [0.25, 0.3) is 0 Å². The normalized spacial score (nSPS) is 10.5. The number of nitrogens with zero attached hydrogens (tertiary/aromatic N) is 1. The molecule has 0 spiro atoms. The zero-order valence-corrected chi connectivity index (χ0v) is 8.74. The Morgan fingerprint density at radius 3 is 2.50 bits per heavy atom. The maximum atomic E-state index is 5.63. The van der Waals surface area contributed by atoms with Gasteiger partial charge in [-0.15, -0.1) is 0 Å². The minimum atomic E-state index is 0.938. The van der Waals surface area contributed by atoms with E-state index in [1.54, 1.807) is 0 Å². The lowest BCUT2D eigenvalue weighted by atomic mass is 10.2. The van der Waals surface area contributed by atoms with Crippen molar-refractivity contribution in [1.29, 1.82) is 0 Å². The van der Waals surface area contributed by atoms with Gasteiger partial charge in [-0.25, -0.2) is 4.42 Å². The Bertz CT molecular complexity index is 463. The average molecular weight is 188 g/mol. The summed E-state index contributed by atoms with van der Waals surface area (Å²) in [7, 11) is 4.05. The van der Waals surface area contributed by atoms with Crippen LogP contribution < -0.4 is 4.90 Å². The van der Waals surface area contributed by atoms with Crippen LogP contribution in [0.1, 0.15) is 5.76 Å². The summed E-state index contributed by atoms with van der Waals surface area (Å²) in [6.45, 7) is 1.96. The minimum absolute atomic E-state index is 0.938. The topological polar surface area (TPSA) is 14.5 Å². The maximum absolute atomic E-state index is 5.63. The van der Waals surface area contributed by atoms with Crippen molar-refractivity contribution in [3.05, 3.63) is 36.1 Å². The first kappa shape index (κ1) is 9.00. The van der Waals surface area contributed by atoms with E-state index in [-0.39, 0.29) is 0 Å². The number of hydrogen-bond acceptors (Lipinski definition) is 1. The molecule has 0 N–H and O–H groups in total. The van der Waals surface area contributed by atoms with E-state index in [1.807, 2.05) is 27.1 Å². The summed E-state index contributed by atoms with van der Waals surface area (Å²) in [5, 5.41) is 1.14. The maximum Gasteiger partial charge on any atom is 0.362 e. The smallest absolute Gasteiger partial charge is 0.362 e. The van der Waals surface area contributed by atoms with Crippen molar-refractivity contribution in [3.8, 4) is 0 Å². The summed E-state index contributed by atoms with van der Waals surface area (Å²) in [4.78, 5) is 2.07. The molecule has 2 aromatic rings. The third-order valence-corrected chi connectivity index (χ3v) is 2.28. The highest BCUT2D eigenvalue weighted by Crippen LogP contribution is 2.21. The van der Waals surface area contributed by atoms with E-state index in [2.05, 4.69) is 29.2 Å². The predicted molar refractivity (Wildman–Crippen MR) is 59.7 cm³/mol. The molecule has 0 atom stereocenters. The van der Waals surface area contributed by atoms with E-state index in [4.69, 9.17) is 4.42 Å². The second-order valence-corrected chi connectivity index (χ2v) is 3.66. The van der Waals surface area contributed by atoms with Crippen LogP contribution in [0.4, 0.5) is 5.69 Å². The lowest BCUT2D eigenvalue weighted by Gasteiger charge is -2.10. The van der Waals surface area contributed by atoms with Crippen LogP contribution in [0.15, 0.2) is 34.7 Å². The van der Waals surface area contributed by atoms with Gasteiger partial charge in [0.2, 0.25) is 0 Å². The Balaban J connectivity index is 2.63. The Kier molecular flexibility index (Phi) is 2.12. The fourth-order valence-electron chi connectivity index (χ4n) is 1.44. The van der Waals surface area contributed by atoms with Crippen molar-refractivity contribution >= 4 is 16.7 Å². The van der Waals surface area contributed by atoms with Crippen molar-refractivity contribution in [2.75, 3.05) is 19.0 Å². The minimum Gasteiger partial charge on any atom is -0.377 e. The Morgan fingerprint density at radius 2 is 1.79 bits per heavy atom. The molecular weight excluding hydrogens is 174 g/mol. The summed E-state index contributed by atoms with van der Waals surface area (Å²) < 4.78 is 5.63. The van der Waals surface area contributed by atoms with Crippen LogP contribution in [0.25, 0.3) is 11.0 Å². The Morgan fingerprint density at radius 1 is 1.07 bits per heavy atom. The van der Waals surface area contributed by atoms with Gasteiger partial charge < -0.3 is 4.90 Å². The summed E-state index contributed by atoms with van der Waals surface area (Å²) in [5.74, 6) is 0.938. The molecule has 0 amide bonds. The standard InChI is InChI=1S/C12H14NO/c1-9-4-5-10-6-7-11(13(2)3)8-12(10)14-9/h4-8H,1-3H3/q+1. The highest BCUT2D eigenvalue weighted by atomic mass is 16.3. The largest absolute Gasteiger partial charge is 0.377 e. The summed E-state index contributed by atoms with van der Waals surface area (Å²) >= 11 is 0. The molecule has 0 radical (unpaired) electrons. The van der Waals surface area contributed by atoms with Crippen LogP contribution >= 0.6 is 0 Å². The summed E-state index contributed by atoms with van der Waals surface area (Å²) in [6.07, 6.45) is 0. The van der Waals surface area contributed by atoms with Crippen LogP contribution in [0, 0.1) is 6.92 Å². The molecule has 0 saturated heterocycles. The fraction of sp³-hybridized carbons (Fsp3) is 0.250. The van der Waals surface area contributed by atoms with Gasteiger partial charge in [0, 0.05) is 25.8 Å². The van der Waals surface area contributed by atoms with E-state index in [0.29, 0.717) is 0 Å². The van der Waals surface area contributed by atoms with Crippen LogP contribution in [-0.2, 0) is 0 Å². The van der Waals surface area contributed by atoms with Gasteiger partial charge in [0.05, 0.1) is 18.4 Å². The predicted octanol–water partition coefficient (Wildman–Crippen LogP) is 3.09. The first-order valence-electron chi connectivity index (χ1n) is 4.67. The molecule has 0 aliphatic heterocycles. The third-order valence-electron chi connectivity index (χ3n) is 2.28. The van der Waals surface area contributed by atoms with Crippen LogP contribution in [-0.4, -0.2) is 14.1 Å². The van der Waals surface area contributed by atoms with Crippen LogP contribution in [0.2, 0.25) is 0 Å². The van der Waals surface area contributed by atoms with Gasteiger partial charge in [0.15, 0.2) is 0 Å². The van der Waals surface area contributed by atoms with E-state index in [1.165, 1.54) is 0 Å². The van der Waals surface area contributed by atoms with Crippen LogP contribution in [0.3, 0.4) is 0 Å². The molecule has 2 nitrogen and oxygen atoms in total. The molecule has 2 rings (SSSR count). The molecule has 0 aliphatic rings. The molecule has 1 aromatic carbocycles. The second kappa shape index (κ2) is 3.29. The SMILES string of the molecule is Cc1ccc2ccc(N(C)C)cc2[o+]1. The summed E-state index contributed by atoms with van der Waals surface area (Å²) in [5.41, 5.74) is 2.10. The van der Waals surface area contributed by atoms with E-state index in [9.17, 15) is 0 Å². The lowest BCUT2D eigenvalue weighted by molar-refractivity contribution is 0.566. The number of hydrogen-bond donors (Lipinski definition) is 0. The van der Waals surface area contributed by atoms with Gasteiger partial charge in [-0.2, -0.15) is 0 Å². The first-order chi connectivity index (χ1) is 6.66. The van der Waals surface area contributed by atoms with Crippen LogP contribution in [0.5, 0.6) is 0 Å². The van der Waals surface area contributed by atoms with Gasteiger partial charge in [-0.3, -0.25) is 0 Å². The lowest BCUT2D eigenvalue weighted by Crippen LogP contribution is -2.07. The molecule has 0 fully saturated rings. The Labute approximate surface area is 83.8 Å². The number of fused-ring (bicyclic) bond motifs is 1. The molecular formula is C12H14NO+. The highest BCUT2D eigenvalue weighted by molar-refractivity contribution is 5.80. The van der Waals surface area contributed by atoms with Crippen molar-refractivity contribution in [3.63, 3.8) is 0 Å². The summed E-state index contributed by atoms with van der Waals surface area (Å²) in [6, 6.07) is 10.3.